The van der Waals surface area contributed by atoms with Gasteiger partial charge >= 0.3 is 6.11 Å². The Morgan fingerprint density at radius 1 is 0.711 bits per heavy atom. The Bertz CT molecular complexity index is 1490. The van der Waals surface area contributed by atoms with Crippen LogP contribution in [0.5, 0.6) is 5.75 Å². The van der Waals surface area contributed by atoms with Crippen molar-refractivity contribution in [1.29, 1.82) is 0 Å². The van der Waals surface area contributed by atoms with Gasteiger partial charge in [-0.15, -0.1) is 0 Å². The van der Waals surface area contributed by atoms with Crippen LogP contribution in [0, 0.1) is 46.8 Å². The highest BCUT2D eigenvalue weighted by Gasteiger charge is 2.45. The lowest BCUT2D eigenvalue weighted by Gasteiger charge is -2.39. The first-order valence-corrected chi connectivity index (χ1v) is 15.2. The predicted octanol–water partition coefficient (Wildman–Crippen LogP) is 11.8. The van der Waals surface area contributed by atoms with Crippen LogP contribution in [-0.4, -0.2) is 6.11 Å². The molecule has 2 fully saturated rings. The van der Waals surface area contributed by atoms with Crippen LogP contribution in [0.3, 0.4) is 0 Å². The lowest BCUT2D eigenvalue weighted by molar-refractivity contribution is -0.224. The Morgan fingerprint density at radius 2 is 1.22 bits per heavy atom. The van der Waals surface area contributed by atoms with Crippen LogP contribution < -0.4 is 4.74 Å². The van der Waals surface area contributed by atoms with Gasteiger partial charge in [0.25, 0.3) is 0 Å². The second-order valence-electron chi connectivity index (χ2n) is 12.1. The third-order valence-electron chi connectivity index (χ3n) is 9.41. The Labute approximate surface area is 256 Å². The maximum absolute atomic E-state index is 15.1. The Hall–Kier alpha value is -3.43. The quantitative estimate of drug-likeness (QED) is 0.176. The molecule has 1 nitrogen and oxygen atoms in total. The molecule has 0 spiro atoms. The number of halogens is 9. The molecule has 3 aromatic carbocycles. The summed E-state index contributed by atoms with van der Waals surface area (Å²) in [6.07, 6.45) is 1.43. The van der Waals surface area contributed by atoms with Gasteiger partial charge in [0.15, 0.2) is 23.3 Å². The van der Waals surface area contributed by atoms with E-state index in [-0.39, 0.29) is 30.7 Å². The van der Waals surface area contributed by atoms with E-state index in [9.17, 15) is 30.7 Å². The van der Waals surface area contributed by atoms with Crippen molar-refractivity contribution in [2.45, 2.75) is 76.7 Å². The fraction of sp³-hybridized carbons (Fsp3) is 0.429. The van der Waals surface area contributed by atoms with Crippen molar-refractivity contribution in [2.24, 2.45) is 17.8 Å². The minimum Gasteiger partial charge on any atom is -0.432 e. The van der Waals surface area contributed by atoms with E-state index in [0.29, 0.717) is 48.9 Å². The van der Waals surface area contributed by atoms with E-state index < -0.39 is 69.6 Å². The molecule has 0 amide bonds. The highest BCUT2D eigenvalue weighted by Crippen LogP contribution is 2.47. The number of rotatable bonds is 8. The van der Waals surface area contributed by atoms with E-state index in [2.05, 4.69) is 0 Å². The van der Waals surface area contributed by atoms with Crippen LogP contribution in [0.25, 0.3) is 17.0 Å². The Morgan fingerprint density at radius 3 is 1.73 bits per heavy atom. The Kier molecular flexibility index (Phi) is 9.89. The van der Waals surface area contributed by atoms with E-state index in [1.165, 1.54) is 0 Å². The molecule has 3 aromatic rings. The molecular weight excluding hydrogens is 607 g/mol. The van der Waals surface area contributed by atoms with Crippen molar-refractivity contribution in [3.8, 4) is 16.9 Å². The summed E-state index contributed by atoms with van der Waals surface area (Å²) in [7, 11) is 0. The maximum Gasteiger partial charge on any atom is 0.400 e. The summed E-state index contributed by atoms with van der Waals surface area (Å²) < 4.78 is 133. The molecular formula is C35H33F9O. The molecule has 0 aliphatic heterocycles. The fourth-order valence-electron chi connectivity index (χ4n) is 6.89. The topological polar surface area (TPSA) is 9.23 Å². The molecule has 0 N–H and O–H groups in total. The average molecular weight is 641 g/mol. The summed E-state index contributed by atoms with van der Waals surface area (Å²) in [5.74, 6) is -10.5. The third kappa shape index (κ3) is 7.20. The lowest BCUT2D eigenvalue weighted by Crippen LogP contribution is -2.38. The van der Waals surface area contributed by atoms with Crippen LogP contribution in [0.2, 0.25) is 0 Å². The monoisotopic (exact) mass is 640 g/mol. The van der Waals surface area contributed by atoms with E-state index in [1.807, 2.05) is 12.1 Å². The molecule has 0 saturated heterocycles. The van der Waals surface area contributed by atoms with E-state index in [1.54, 1.807) is 19.1 Å². The largest absolute Gasteiger partial charge is 0.432 e. The van der Waals surface area contributed by atoms with Crippen molar-refractivity contribution in [2.75, 3.05) is 0 Å². The molecule has 45 heavy (non-hydrogen) atoms. The first-order valence-electron chi connectivity index (χ1n) is 15.2. The minimum absolute atomic E-state index is 0.00777. The SMILES string of the molecule is CCC(F)=C(F)c1ccc(C2CCC(C3CCC(C(F)(F)Oc4cc(F)c(-c5cc(F)c(F)c(F)c5)c(F)c4)CC3)CC2)cc1. The number of benzene rings is 3. The second kappa shape index (κ2) is 13.5. The Balaban J connectivity index is 1.15. The summed E-state index contributed by atoms with van der Waals surface area (Å²) >= 11 is 0. The van der Waals surface area contributed by atoms with Gasteiger partial charge in [0.1, 0.15) is 23.2 Å². The van der Waals surface area contributed by atoms with Crippen LogP contribution in [-0.2, 0) is 0 Å². The van der Waals surface area contributed by atoms with Gasteiger partial charge in [-0.2, -0.15) is 8.78 Å². The van der Waals surface area contributed by atoms with Gasteiger partial charge in [0.05, 0.1) is 11.5 Å². The summed E-state index contributed by atoms with van der Waals surface area (Å²) in [6, 6.07) is 8.72. The smallest absolute Gasteiger partial charge is 0.400 e. The zero-order valence-electron chi connectivity index (χ0n) is 24.6. The zero-order valence-corrected chi connectivity index (χ0v) is 24.6. The fourth-order valence-corrected chi connectivity index (χ4v) is 6.89. The van der Waals surface area contributed by atoms with Crippen LogP contribution in [0.4, 0.5) is 39.5 Å². The zero-order chi connectivity index (χ0) is 32.5. The van der Waals surface area contributed by atoms with Gasteiger partial charge < -0.3 is 4.74 Å². The van der Waals surface area contributed by atoms with Crippen molar-refractivity contribution >= 4 is 5.83 Å². The van der Waals surface area contributed by atoms with Crippen LogP contribution >= 0.6 is 0 Å². The molecule has 0 atom stereocenters. The van der Waals surface area contributed by atoms with E-state index in [0.717, 1.165) is 31.2 Å². The van der Waals surface area contributed by atoms with Gasteiger partial charge in [-0.1, -0.05) is 31.2 Å². The first-order chi connectivity index (χ1) is 21.4. The average Bonchev–Trinajstić information content (AvgIpc) is 3.02. The van der Waals surface area contributed by atoms with Gasteiger partial charge in [-0.3, -0.25) is 0 Å². The summed E-state index contributed by atoms with van der Waals surface area (Å²) in [6.45, 7) is 1.55. The number of alkyl halides is 2. The predicted molar refractivity (Wildman–Crippen MR) is 153 cm³/mol. The maximum atomic E-state index is 15.1. The normalized spacial score (nSPS) is 23.1. The van der Waals surface area contributed by atoms with E-state index in [4.69, 9.17) is 4.74 Å². The van der Waals surface area contributed by atoms with Crippen molar-refractivity contribution in [3.63, 3.8) is 0 Å². The molecule has 2 saturated carbocycles. The molecule has 2 aliphatic carbocycles. The van der Waals surface area contributed by atoms with Crippen molar-refractivity contribution in [3.05, 3.63) is 94.6 Å². The number of ether oxygens (including phenoxy) is 1. The van der Waals surface area contributed by atoms with Gasteiger partial charge in [-0.25, -0.2) is 30.7 Å². The second-order valence-corrected chi connectivity index (χ2v) is 12.1. The summed E-state index contributed by atoms with van der Waals surface area (Å²) in [5.41, 5.74) is -0.240. The van der Waals surface area contributed by atoms with Crippen molar-refractivity contribution in [1.82, 2.24) is 0 Å². The number of allylic oxidation sites excluding steroid dienone is 1. The first kappa shape index (κ1) is 32.9. The molecule has 2 aliphatic rings. The number of hydrogen-bond acceptors (Lipinski definition) is 1. The molecule has 0 radical (unpaired) electrons. The highest BCUT2D eigenvalue weighted by molar-refractivity contribution is 5.66. The van der Waals surface area contributed by atoms with Gasteiger partial charge in [0, 0.05) is 17.7 Å². The van der Waals surface area contributed by atoms with Crippen molar-refractivity contribution < 1.29 is 44.3 Å². The summed E-state index contributed by atoms with van der Waals surface area (Å²) in [5, 5.41) is 0. The van der Waals surface area contributed by atoms with Gasteiger partial charge in [-0.05, 0) is 98.8 Å². The molecule has 0 bridgehead atoms. The molecule has 0 aromatic heterocycles. The lowest BCUT2D eigenvalue weighted by atomic mass is 9.68. The van der Waals surface area contributed by atoms with Crippen LogP contribution in [0.1, 0.15) is 81.8 Å². The minimum atomic E-state index is -3.71. The standard InChI is InChI=1S/C35H33F9O/c1-2-27(36)33(41)23-9-7-21(8-10-23)19-3-5-20(6-4-19)22-11-13-25(14-12-22)35(43,44)45-26-17-28(37)32(29(38)18-26)24-15-30(39)34(42)31(40)16-24/h7-10,15-20,22,25H,2-6,11-14H2,1H3. The van der Waals surface area contributed by atoms with Gasteiger partial charge in [0.2, 0.25) is 0 Å². The molecule has 0 unspecified atom stereocenters. The molecule has 242 valence electrons. The molecule has 5 rings (SSSR count). The molecule has 10 heteroatoms. The summed E-state index contributed by atoms with van der Waals surface area (Å²) in [4.78, 5) is 0. The highest BCUT2D eigenvalue weighted by atomic mass is 19.3. The number of hydrogen-bond donors (Lipinski definition) is 0. The third-order valence-corrected chi connectivity index (χ3v) is 9.41. The molecule has 0 heterocycles. The van der Waals surface area contributed by atoms with Crippen LogP contribution in [0.15, 0.2) is 54.4 Å². The van der Waals surface area contributed by atoms with E-state index >= 15 is 8.78 Å².